The largest absolute Gasteiger partial charge is 0.367 e. The topological polar surface area (TPSA) is 64.3 Å². The number of hydrogen-bond donors (Lipinski definition) is 2. The molecule has 0 aromatic heterocycles. The Kier molecular flexibility index (Phi) is 6.28. The minimum atomic E-state index is -0.556. The number of amides is 1. The number of benzene rings is 1. The predicted molar refractivity (Wildman–Crippen MR) is 77.1 cm³/mol. The lowest BCUT2D eigenvalue weighted by atomic mass is 10.1. The fourth-order valence-electron chi connectivity index (χ4n) is 2.15. The molecule has 2 unspecified atom stereocenters. The summed E-state index contributed by atoms with van der Waals surface area (Å²) in [6, 6.07) is 9.58. The molecule has 2 rings (SSSR count). The first-order valence-corrected chi connectivity index (χ1v) is 6.34. The molecule has 0 bridgehead atoms. The number of nitrogens with two attached hydrogens (primary N) is 1. The minimum Gasteiger partial charge on any atom is -0.367 e. The lowest BCUT2D eigenvalue weighted by Gasteiger charge is -2.21. The fourth-order valence-corrected chi connectivity index (χ4v) is 2.15. The molecule has 1 aliphatic rings. The molecule has 1 aromatic rings. The lowest BCUT2D eigenvalue weighted by molar-refractivity contribution is -0.132. The van der Waals surface area contributed by atoms with Crippen molar-refractivity contribution >= 4 is 18.3 Å². The highest BCUT2D eigenvalue weighted by molar-refractivity contribution is 5.85. The smallest absolute Gasteiger partial charge is 0.254 e. The summed E-state index contributed by atoms with van der Waals surface area (Å²) in [6.07, 6.45) is 1.76. The molecular weight excluding hydrogens is 264 g/mol. The van der Waals surface area contributed by atoms with Gasteiger partial charge >= 0.3 is 0 Å². The minimum absolute atomic E-state index is 0. The van der Waals surface area contributed by atoms with Crippen LogP contribution in [0.25, 0.3) is 0 Å². The Hall–Kier alpha value is -1.10. The maximum atomic E-state index is 12.2. The van der Waals surface area contributed by atoms with Gasteiger partial charge in [0, 0.05) is 19.7 Å². The van der Waals surface area contributed by atoms with Crippen LogP contribution in [0.5, 0.6) is 0 Å². The number of methoxy groups -OCH3 is 1. The standard InChI is InChI=1S/C14H20N2O2.ClH/c1-18-13(11-5-3-2-4-6-11)14(17)16-12(9-15)10-7-8-10;/h2-6,10,12-13H,7-9,15H2,1H3,(H,16,17);1H. The maximum absolute atomic E-state index is 12.2. The van der Waals surface area contributed by atoms with Gasteiger partial charge in [-0.3, -0.25) is 4.79 Å². The molecule has 3 N–H and O–H groups in total. The zero-order valence-corrected chi connectivity index (χ0v) is 11.9. The van der Waals surface area contributed by atoms with Gasteiger partial charge in [0.05, 0.1) is 0 Å². The van der Waals surface area contributed by atoms with Crippen molar-refractivity contribution in [3.63, 3.8) is 0 Å². The number of hydrogen-bond acceptors (Lipinski definition) is 3. The molecule has 0 radical (unpaired) electrons. The van der Waals surface area contributed by atoms with Crippen LogP contribution in [-0.2, 0) is 9.53 Å². The molecule has 1 fully saturated rings. The second-order valence-corrected chi connectivity index (χ2v) is 4.71. The van der Waals surface area contributed by atoms with Gasteiger partial charge in [-0.15, -0.1) is 12.4 Å². The molecule has 1 amide bonds. The van der Waals surface area contributed by atoms with Crippen molar-refractivity contribution in [3.05, 3.63) is 35.9 Å². The average molecular weight is 285 g/mol. The Morgan fingerprint density at radius 3 is 2.53 bits per heavy atom. The quantitative estimate of drug-likeness (QED) is 0.835. The van der Waals surface area contributed by atoms with E-state index in [4.69, 9.17) is 10.5 Å². The molecule has 2 atom stereocenters. The van der Waals surface area contributed by atoms with Crippen molar-refractivity contribution in [1.82, 2.24) is 5.32 Å². The van der Waals surface area contributed by atoms with Gasteiger partial charge in [-0.25, -0.2) is 0 Å². The molecule has 0 aliphatic heterocycles. The second-order valence-electron chi connectivity index (χ2n) is 4.71. The van der Waals surface area contributed by atoms with Crippen molar-refractivity contribution in [1.29, 1.82) is 0 Å². The lowest BCUT2D eigenvalue weighted by Crippen LogP contribution is -2.44. The Balaban J connectivity index is 0.00000180. The van der Waals surface area contributed by atoms with Gasteiger partial charge in [-0.2, -0.15) is 0 Å². The van der Waals surface area contributed by atoms with Crippen molar-refractivity contribution in [2.75, 3.05) is 13.7 Å². The van der Waals surface area contributed by atoms with Gasteiger partial charge < -0.3 is 15.8 Å². The van der Waals surface area contributed by atoms with E-state index < -0.39 is 6.10 Å². The number of rotatable bonds is 6. The molecule has 1 aromatic carbocycles. The molecule has 19 heavy (non-hydrogen) atoms. The van der Waals surface area contributed by atoms with Crippen LogP contribution in [0.3, 0.4) is 0 Å². The SMILES string of the molecule is COC(C(=O)NC(CN)C1CC1)c1ccccc1.Cl. The molecule has 1 saturated carbocycles. The summed E-state index contributed by atoms with van der Waals surface area (Å²) in [7, 11) is 1.55. The fraction of sp³-hybridized carbons (Fsp3) is 0.500. The Morgan fingerprint density at radius 2 is 2.05 bits per heavy atom. The Morgan fingerprint density at radius 1 is 1.42 bits per heavy atom. The van der Waals surface area contributed by atoms with Gasteiger partial charge in [0.2, 0.25) is 0 Å². The molecule has 0 heterocycles. The molecule has 106 valence electrons. The van der Waals surface area contributed by atoms with Gasteiger partial charge in [-0.1, -0.05) is 30.3 Å². The molecule has 0 saturated heterocycles. The number of ether oxygens (including phenoxy) is 1. The predicted octanol–water partition coefficient (Wildman–Crippen LogP) is 1.65. The third kappa shape index (κ3) is 4.20. The summed E-state index contributed by atoms with van der Waals surface area (Å²) in [5, 5.41) is 2.99. The van der Waals surface area contributed by atoms with Crippen molar-refractivity contribution in [2.24, 2.45) is 11.7 Å². The van der Waals surface area contributed by atoms with E-state index in [1.165, 1.54) is 0 Å². The summed E-state index contributed by atoms with van der Waals surface area (Å²) >= 11 is 0. The van der Waals surface area contributed by atoms with E-state index in [0.29, 0.717) is 12.5 Å². The molecular formula is C14H21ClN2O2. The first-order valence-electron chi connectivity index (χ1n) is 6.34. The highest BCUT2D eigenvalue weighted by Crippen LogP contribution is 2.32. The van der Waals surface area contributed by atoms with E-state index in [2.05, 4.69) is 5.32 Å². The first kappa shape index (κ1) is 16.0. The van der Waals surface area contributed by atoms with Crippen LogP contribution in [0.1, 0.15) is 24.5 Å². The summed E-state index contributed by atoms with van der Waals surface area (Å²) in [5.74, 6) is 0.443. The van der Waals surface area contributed by atoms with Crippen LogP contribution in [0.15, 0.2) is 30.3 Å². The summed E-state index contributed by atoms with van der Waals surface area (Å²) in [6.45, 7) is 0.488. The average Bonchev–Trinajstić information content (AvgIpc) is 3.22. The van der Waals surface area contributed by atoms with Gasteiger partial charge in [0.25, 0.3) is 5.91 Å². The highest BCUT2D eigenvalue weighted by atomic mass is 35.5. The van der Waals surface area contributed by atoms with E-state index >= 15 is 0 Å². The second kappa shape index (κ2) is 7.48. The highest BCUT2D eigenvalue weighted by Gasteiger charge is 2.33. The monoisotopic (exact) mass is 284 g/mol. The van der Waals surface area contributed by atoms with E-state index in [1.807, 2.05) is 30.3 Å². The van der Waals surface area contributed by atoms with E-state index in [9.17, 15) is 4.79 Å². The van der Waals surface area contributed by atoms with Crippen molar-refractivity contribution < 1.29 is 9.53 Å². The zero-order valence-electron chi connectivity index (χ0n) is 11.0. The van der Waals surface area contributed by atoms with Crippen LogP contribution in [0.4, 0.5) is 0 Å². The first-order chi connectivity index (χ1) is 8.76. The van der Waals surface area contributed by atoms with Crippen LogP contribution in [-0.4, -0.2) is 25.6 Å². The van der Waals surface area contributed by atoms with Gasteiger partial charge in [0.1, 0.15) is 0 Å². The van der Waals surface area contributed by atoms with E-state index in [1.54, 1.807) is 7.11 Å². The number of carbonyl (C=O) groups is 1. The number of carbonyl (C=O) groups excluding carboxylic acids is 1. The van der Waals surface area contributed by atoms with E-state index in [0.717, 1.165) is 18.4 Å². The van der Waals surface area contributed by atoms with Crippen LogP contribution < -0.4 is 11.1 Å². The maximum Gasteiger partial charge on any atom is 0.254 e. The van der Waals surface area contributed by atoms with Gasteiger partial charge in [0.15, 0.2) is 6.10 Å². The summed E-state index contributed by atoms with van der Waals surface area (Å²) < 4.78 is 5.29. The molecule has 5 heteroatoms. The number of nitrogens with one attached hydrogen (secondary N) is 1. The van der Waals surface area contributed by atoms with Crippen LogP contribution >= 0.6 is 12.4 Å². The third-order valence-corrected chi connectivity index (χ3v) is 3.35. The van der Waals surface area contributed by atoms with Crippen LogP contribution in [0.2, 0.25) is 0 Å². The third-order valence-electron chi connectivity index (χ3n) is 3.35. The van der Waals surface area contributed by atoms with Crippen LogP contribution in [0, 0.1) is 5.92 Å². The Labute approximate surface area is 120 Å². The molecule has 1 aliphatic carbocycles. The van der Waals surface area contributed by atoms with E-state index in [-0.39, 0.29) is 24.4 Å². The Bertz CT molecular complexity index is 396. The zero-order chi connectivity index (χ0) is 13.0. The number of halogens is 1. The molecule has 4 nitrogen and oxygen atoms in total. The van der Waals surface area contributed by atoms with Crippen molar-refractivity contribution in [3.8, 4) is 0 Å². The summed E-state index contributed by atoms with van der Waals surface area (Å²) in [4.78, 5) is 12.2. The summed E-state index contributed by atoms with van der Waals surface area (Å²) in [5.41, 5.74) is 6.55. The molecule has 0 spiro atoms. The van der Waals surface area contributed by atoms with Crippen molar-refractivity contribution in [2.45, 2.75) is 25.0 Å². The normalized spacial score (nSPS) is 17.2. The van der Waals surface area contributed by atoms with Gasteiger partial charge in [-0.05, 0) is 24.3 Å².